The van der Waals surface area contributed by atoms with Gasteiger partial charge in [0.2, 0.25) is 0 Å². The average molecular weight is 964 g/mol. The molecule has 0 heterocycles. The molecule has 0 N–H and O–H groups in total. The van der Waals surface area contributed by atoms with Crippen LogP contribution >= 0.6 is 0 Å². The van der Waals surface area contributed by atoms with Crippen molar-refractivity contribution in [2.45, 2.75) is 219 Å². The van der Waals surface area contributed by atoms with Gasteiger partial charge < -0.3 is 33.3 Å². The van der Waals surface area contributed by atoms with Crippen LogP contribution in [0.1, 0.15) is 206 Å². The molecule has 0 spiro atoms. The third-order valence-electron chi connectivity index (χ3n) is 11.3. The summed E-state index contributed by atoms with van der Waals surface area (Å²) in [5.74, 6) is -2.33. The van der Waals surface area contributed by atoms with Crippen molar-refractivity contribution in [3.63, 3.8) is 0 Å². The number of carboxylic acid groups (broad SMARTS) is 1. The van der Waals surface area contributed by atoms with E-state index < -0.39 is 24.3 Å². The number of quaternary nitrogens is 1. The van der Waals surface area contributed by atoms with Crippen LogP contribution in [-0.4, -0.2) is 82.3 Å². The molecule has 0 aromatic carbocycles. The molecule has 0 amide bonds. The Labute approximate surface area is 422 Å². The minimum atomic E-state index is -1.63. The van der Waals surface area contributed by atoms with Crippen molar-refractivity contribution >= 4 is 17.9 Å². The van der Waals surface area contributed by atoms with Gasteiger partial charge in [0.25, 0.3) is 0 Å². The number of esters is 2. The maximum Gasteiger partial charge on any atom is 0.306 e. The zero-order valence-electron chi connectivity index (χ0n) is 44.6. The van der Waals surface area contributed by atoms with Crippen molar-refractivity contribution in [2.24, 2.45) is 0 Å². The maximum atomic E-state index is 12.8. The lowest BCUT2D eigenvalue weighted by Crippen LogP contribution is -2.44. The van der Waals surface area contributed by atoms with Gasteiger partial charge in [-0.15, -0.1) is 0 Å². The number of hydrogen-bond donors (Lipinski definition) is 0. The van der Waals surface area contributed by atoms with E-state index >= 15 is 0 Å². The Balaban J connectivity index is 4.18. The van der Waals surface area contributed by atoms with Crippen LogP contribution in [0, 0.1) is 0 Å². The Morgan fingerprint density at radius 2 is 0.783 bits per heavy atom. The Morgan fingerprint density at radius 1 is 0.435 bits per heavy atom. The molecule has 0 radical (unpaired) electrons. The average Bonchev–Trinajstić information content (AvgIpc) is 3.31. The van der Waals surface area contributed by atoms with Crippen LogP contribution in [-0.2, 0) is 33.3 Å². The number of ether oxygens (including phenoxy) is 4. The monoisotopic (exact) mass is 964 g/mol. The lowest BCUT2D eigenvalue weighted by molar-refractivity contribution is -0.870. The molecule has 394 valence electrons. The fourth-order valence-electron chi connectivity index (χ4n) is 7.16. The zero-order chi connectivity index (χ0) is 50.6. The third-order valence-corrected chi connectivity index (χ3v) is 11.3. The normalized spacial score (nSPS) is 13.6. The molecule has 0 aliphatic rings. The van der Waals surface area contributed by atoms with E-state index in [1.807, 2.05) is 21.1 Å². The van der Waals surface area contributed by atoms with Gasteiger partial charge in [-0.3, -0.25) is 9.59 Å². The molecular weight excluding hydrogens is 863 g/mol. The van der Waals surface area contributed by atoms with Crippen molar-refractivity contribution in [1.82, 2.24) is 0 Å². The second-order valence-electron chi connectivity index (χ2n) is 19.1. The summed E-state index contributed by atoms with van der Waals surface area (Å²) in [5, 5.41) is 11.7. The van der Waals surface area contributed by atoms with E-state index in [1.165, 1.54) is 77.0 Å². The third kappa shape index (κ3) is 51.9. The lowest BCUT2D eigenvalue weighted by atomic mass is 10.0. The number of carbonyl (C=O) groups excluding carboxylic acids is 3. The van der Waals surface area contributed by atoms with Crippen molar-refractivity contribution in [3.05, 3.63) is 97.2 Å². The van der Waals surface area contributed by atoms with E-state index in [1.54, 1.807) is 0 Å². The standard InChI is InChI=1S/C60H101NO8/c1-6-8-10-12-14-16-18-20-21-22-23-24-25-26-27-28-29-30-31-32-33-34-35-36-37-39-41-43-45-47-49-51-58(63)69-56(55-68-60(59(64)65)66-53-52-61(3,4)5)54-67-57(62)50-48-46-44-42-40-38-19-17-15-13-11-9-7-2/h8-11,14-17,20-21,23-24,26-27,38,40,56,60H,6-7,12-13,18-19,22,25,28-37,39,41-55H2,1-5H3/b10-8-,11-9-,16-14-,17-15-,21-20-,24-23-,27-26-,40-38-. The van der Waals surface area contributed by atoms with E-state index in [-0.39, 0.29) is 38.6 Å². The number of unbranched alkanes of at least 4 members (excludes halogenated alkanes) is 18. The van der Waals surface area contributed by atoms with Crippen LogP contribution in [0.15, 0.2) is 97.2 Å². The maximum absolute atomic E-state index is 12.8. The van der Waals surface area contributed by atoms with Crippen LogP contribution in [0.3, 0.4) is 0 Å². The van der Waals surface area contributed by atoms with Gasteiger partial charge in [-0.25, -0.2) is 0 Å². The van der Waals surface area contributed by atoms with E-state index in [4.69, 9.17) is 18.9 Å². The molecule has 0 saturated carbocycles. The van der Waals surface area contributed by atoms with Crippen LogP contribution in [0.5, 0.6) is 0 Å². The molecule has 2 atom stereocenters. The number of rotatable bonds is 49. The van der Waals surface area contributed by atoms with Gasteiger partial charge in [-0.1, -0.05) is 201 Å². The predicted molar refractivity (Wildman–Crippen MR) is 287 cm³/mol. The molecule has 2 unspecified atom stereocenters. The lowest BCUT2D eigenvalue weighted by Gasteiger charge is -2.26. The Kier molecular flexibility index (Phi) is 47.8. The second kappa shape index (κ2) is 50.6. The van der Waals surface area contributed by atoms with Crippen LogP contribution in [0.25, 0.3) is 0 Å². The SMILES string of the molecule is CC/C=C\C/C=C\C/C=C\C/C=C\C/C=C\CCCCCCCCCCCCCCCCCC(=O)OC(COC(=O)CCCCC/C=C\C/C=C\C/C=C\CC)COC(OCC[N+](C)(C)C)C(=O)[O-]. The minimum Gasteiger partial charge on any atom is -0.545 e. The smallest absolute Gasteiger partial charge is 0.306 e. The molecule has 0 fully saturated rings. The number of hydrogen-bond acceptors (Lipinski definition) is 8. The number of allylic oxidation sites excluding steroid dienone is 16. The molecule has 9 heteroatoms. The van der Waals surface area contributed by atoms with E-state index in [9.17, 15) is 19.5 Å². The fraction of sp³-hybridized carbons (Fsp3) is 0.683. The van der Waals surface area contributed by atoms with Gasteiger partial charge in [0, 0.05) is 12.8 Å². The number of aliphatic carboxylic acids is 1. The molecule has 0 rings (SSSR count). The summed E-state index contributed by atoms with van der Waals surface area (Å²) in [6, 6.07) is 0. The zero-order valence-corrected chi connectivity index (χ0v) is 44.6. The molecule has 0 aliphatic carbocycles. The number of likely N-dealkylation sites (N-methyl/N-ethyl adjacent to an activating group) is 1. The molecule has 0 aliphatic heterocycles. The van der Waals surface area contributed by atoms with Gasteiger partial charge in [0.05, 0.1) is 40.3 Å². The molecule has 0 saturated heterocycles. The highest BCUT2D eigenvalue weighted by molar-refractivity contribution is 5.70. The van der Waals surface area contributed by atoms with E-state index in [0.717, 1.165) is 89.9 Å². The van der Waals surface area contributed by atoms with Crippen LogP contribution in [0.2, 0.25) is 0 Å². The fourth-order valence-corrected chi connectivity index (χ4v) is 7.16. The largest absolute Gasteiger partial charge is 0.545 e. The first-order chi connectivity index (χ1) is 33.6. The number of carboxylic acids is 1. The van der Waals surface area contributed by atoms with Crippen molar-refractivity contribution in [2.75, 3.05) is 47.5 Å². The Bertz CT molecular complexity index is 1450. The summed E-state index contributed by atoms with van der Waals surface area (Å²) in [6.45, 7) is 4.47. The quantitative estimate of drug-likeness (QED) is 0.0195. The molecule has 0 aromatic heterocycles. The van der Waals surface area contributed by atoms with Crippen LogP contribution in [0.4, 0.5) is 0 Å². The molecule has 0 aromatic rings. The number of nitrogens with zero attached hydrogens (tertiary/aromatic N) is 1. The highest BCUT2D eigenvalue weighted by Gasteiger charge is 2.22. The highest BCUT2D eigenvalue weighted by atomic mass is 16.7. The molecule has 9 nitrogen and oxygen atoms in total. The highest BCUT2D eigenvalue weighted by Crippen LogP contribution is 2.15. The van der Waals surface area contributed by atoms with Gasteiger partial charge in [0.15, 0.2) is 12.4 Å². The molecular formula is C60H101NO8. The first-order valence-corrected chi connectivity index (χ1v) is 27.4. The predicted octanol–water partition coefficient (Wildman–Crippen LogP) is 14.4. The van der Waals surface area contributed by atoms with Gasteiger partial charge >= 0.3 is 11.9 Å². The first-order valence-electron chi connectivity index (χ1n) is 27.4. The molecule has 0 bridgehead atoms. The summed E-state index contributed by atoms with van der Waals surface area (Å²) in [7, 11) is 5.90. The van der Waals surface area contributed by atoms with Gasteiger partial charge in [0.1, 0.15) is 13.2 Å². The molecule has 69 heavy (non-hydrogen) atoms. The van der Waals surface area contributed by atoms with E-state index in [0.29, 0.717) is 23.9 Å². The van der Waals surface area contributed by atoms with Crippen molar-refractivity contribution in [3.8, 4) is 0 Å². The second-order valence-corrected chi connectivity index (χ2v) is 19.1. The van der Waals surface area contributed by atoms with Crippen molar-refractivity contribution in [1.29, 1.82) is 0 Å². The first kappa shape index (κ1) is 65.2. The van der Waals surface area contributed by atoms with Gasteiger partial charge in [-0.2, -0.15) is 0 Å². The summed E-state index contributed by atoms with van der Waals surface area (Å²) < 4.78 is 22.6. The number of carbonyl (C=O) groups is 3. The summed E-state index contributed by atoms with van der Waals surface area (Å²) in [5.41, 5.74) is 0. The van der Waals surface area contributed by atoms with Crippen LogP contribution < -0.4 is 5.11 Å². The Hall–Kier alpha value is -3.79. The summed E-state index contributed by atoms with van der Waals surface area (Å²) in [4.78, 5) is 37.1. The Morgan fingerprint density at radius 3 is 1.17 bits per heavy atom. The summed E-state index contributed by atoms with van der Waals surface area (Å²) in [6.07, 6.45) is 64.7. The minimum absolute atomic E-state index is 0.139. The topological polar surface area (TPSA) is 111 Å². The van der Waals surface area contributed by atoms with Crippen molar-refractivity contribution < 1.29 is 42.9 Å². The summed E-state index contributed by atoms with van der Waals surface area (Å²) >= 11 is 0. The van der Waals surface area contributed by atoms with Gasteiger partial charge in [-0.05, 0) is 89.9 Å². The van der Waals surface area contributed by atoms with E-state index in [2.05, 4.69) is 111 Å².